The van der Waals surface area contributed by atoms with E-state index in [1.54, 1.807) is 6.07 Å². The maximum atomic E-state index is 13.1. The van der Waals surface area contributed by atoms with E-state index in [1.807, 2.05) is 26.1 Å². The number of aryl methyl sites for hydroxylation is 1. The number of alkyl halides is 2. The van der Waals surface area contributed by atoms with Gasteiger partial charge in [0.25, 0.3) is 6.43 Å². The van der Waals surface area contributed by atoms with Crippen LogP contribution in [-0.2, 0) is 4.74 Å². The number of ether oxygens (including phenoxy) is 1. The quantitative estimate of drug-likeness (QED) is 0.671. The number of nitrogens with one attached hydrogen (secondary N) is 1. The molecule has 156 valence electrons. The average Bonchev–Trinajstić information content (AvgIpc) is 2.76. The molecule has 0 radical (unpaired) electrons. The molecule has 2 aliphatic heterocycles. The third kappa shape index (κ3) is 3.25. The van der Waals surface area contributed by atoms with Crippen LogP contribution in [0.4, 0.5) is 20.3 Å². The molecule has 2 fully saturated rings. The third-order valence-corrected chi connectivity index (χ3v) is 6.04. The Labute approximate surface area is 173 Å². The van der Waals surface area contributed by atoms with Gasteiger partial charge in [0.15, 0.2) is 5.82 Å². The van der Waals surface area contributed by atoms with Crippen LogP contribution >= 0.6 is 0 Å². The van der Waals surface area contributed by atoms with Crippen molar-refractivity contribution in [3.8, 4) is 0 Å². The summed E-state index contributed by atoms with van der Waals surface area (Å²) in [5.41, 5.74) is 3.36. The molecule has 1 aromatic carbocycles. The summed E-state index contributed by atoms with van der Waals surface area (Å²) in [4.78, 5) is 7.03. The molecule has 3 atom stereocenters. The number of nitrogens with zero attached hydrogens (tertiary/aromatic N) is 4. The number of hydrogen-bond donors (Lipinski definition) is 1. The van der Waals surface area contributed by atoms with E-state index >= 15 is 0 Å². The predicted molar refractivity (Wildman–Crippen MR) is 111 cm³/mol. The van der Waals surface area contributed by atoms with Crippen LogP contribution in [0.3, 0.4) is 0 Å². The molecule has 2 aliphatic rings. The van der Waals surface area contributed by atoms with Crippen molar-refractivity contribution in [2.24, 2.45) is 0 Å². The fraction of sp³-hybridized carbons (Fsp3) is 0.409. The molecule has 0 saturated carbocycles. The molecule has 1 N–H and O–H groups in total. The SMILES string of the molecule is Cc1nnc(N[C@H](C)c2cccc(C(F)F)c2)c2cc(N3C4COCC3C4)cnc12. The highest BCUT2D eigenvalue weighted by atomic mass is 19.3. The highest BCUT2D eigenvalue weighted by Gasteiger charge is 2.42. The molecule has 2 bridgehead atoms. The molecule has 2 aromatic heterocycles. The molecule has 8 heteroatoms. The molecule has 0 spiro atoms. The second kappa shape index (κ2) is 7.43. The Morgan fingerprint density at radius 2 is 1.90 bits per heavy atom. The van der Waals surface area contributed by atoms with Gasteiger partial charge in [-0.25, -0.2) is 8.78 Å². The van der Waals surface area contributed by atoms with Gasteiger partial charge in [-0.1, -0.05) is 18.2 Å². The first-order valence-corrected chi connectivity index (χ1v) is 10.1. The van der Waals surface area contributed by atoms with Gasteiger partial charge in [-0.15, -0.1) is 5.10 Å². The molecule has 3 aromatic rings. The molecule has 2 saturated heterocycles. The fourth-order valence-corrected chi connectivity index (χ4v) is 4.41. The zero-order valence-corrected chi connectivity index (χ0v) is 16.8. The lowest BCUT2D eigenvalue weighted by molar-refractivity contribution is 0.0103. The van der Waals surface area contributed by atoms with Crippen molar-refractivity contribution in [2.45, 2.75) is 44.8 Å². The molecular formula is C22H23F2N5O. The van der Waals surface area contributed by atoms with Crippen molar-refractivity contribution in [1.29, 1.82) is 0 Å². The fourth-order valence-electron chi connectivity index (χ4n) is 4.41. The van der Waals surface area contributed by atoms with Crippen molar-refractivity contribution in [3.63, 3.8) is 0 Å². The number of rotatable bonds is 5. The Morgan fingerprint density at radius 3 is 2.63 bits per heavy atom. The Kier molecular flexibility index (Phi) is 4.73. The minimum Gasteiger partial charge on any atom is -0.377 e. The summed E-state index contributed by atoms with van der Waals surface area (Å²) >= 11 is 0. The van der Waals surface area contributed by atoms with Gasteiger partial charge in [-0.2, -0.15) is 5.10 Å². The van der Waals surface area contributed by atoms with E-state index in [0.717, 1.165) is 47.5 Å². The summed E-state index contributed by atoms with van der Waals surface area (Å²) in [6.45, 7) is 5.29. The second-order valence-corrected chi connectivity index (χ2v) is 8.05. The minimum absolute atomic E-state index is 0.0106. The Balaban J connectivity index is 1.48. The van der Waals surface area contributed by atoms with Gasteiger partial charge in [-0.05, 0) is 38.0 Å². The first kappa shape index (κ1) is 19.1. The van der Waals surface area contributed by atoms with Gasteiger partial charge in [0, 0.05) is 10.9 Å². The third-order valence-electron chi connectivity index (χ3n) is 6.04. The summed E-state index contributed by atoms with van der Waals surface area (Å²) in [5.74, 6) is 0.599. The maximum absolute atomic E-state index is 13.1. The summed E-state index contributed by atoms with van der Waals surface area (Å²) in [7, 11) is 0. The Hall–Kier alpha value is -2.87. The summed E-state index contributed by atoms with van der Waals surface area (Å²) in [6.07, 6.45) is 0.540. The van der Waals surface area contributed by atoms with Crippen LogP contribution in [0.2, 0.25) is 0 Å². The van der Waals surface area contributed by atoms with Crippen LogP contribution in [0, 0.1) is 6.92 Å². The van der Waals surface area contributed by atoms with E-state index in [4.69, 9.17) is 4.74 Å². The van der Waals surface area contributed by atoms with Crippen LogP contribution in [0.1, 0.15) is 42.6 Å². The highest BCUT2D eigenvalue weighted by Crippen LogP contribution is 2.38. The van der Waals surface area contributed by atoms with Crippen LogP contribution in [0.5, 0.6) is 0 Å². The van der Waals surface area contributed by atoms with Crippen LogP contribution in [-0.4, -0.2) is 40.5 Å². The van der Waals surface area contributed by atoms with Crippen molar-refractivity contribution in [3.05, 3.63) is 53.3 Å². The molecule has 0 aliphatic carbocycles. The molecule has 0 amide bonds. The number of halogens is 2. The molecule has 5 rings (SSSR count). The monoisotopic (exact) mass is 411 g/mol. The van der Waals surface area contributed by atoms with Crippen LogP contribution < -0.4 is 10.2 Å². The number of pyridine rings is 1. The van der Waals surface area contributed by atoms with Crippen LogP contribution in [0.15, 0.2) is 36.5 Å². The lowest BCUT2D eigenvalue weighted by Gasteiger charge is -2.53. The van der Waals surface area contributed by atoms with Crippen LogP contribution in [0.25, 0.3) is 10.9 Å². The second-order valence-electron chi connectivity index (χ2n) is 8.05. The Bertz CT molecular complexity index is 1080. The number of fused-ring (bicyclic) bond motifs is 3. The Morgan fingerprint density at radius 1 is 1.13 bits per heavy atom. The van der Waals surface area contributed by atoms with E-state index in [9.17, 15) is 8.78 Å². The van der Waals surface area contributed by atoms with Crippen molar-refractivity contribution < 1.29 is 13.5 Å². The smallest absolute Gasteiger partial charge is 0.263 e. The normalized spacial score (nSPS) is 21.6. The summed E-state index contributed by atoms with van der Waals surface area (Å²) < 4.78 is 31.8. The lowest BCUT2D eigenvalue weighted by atomic mass is 9.90. The van der Waals surface area contributed by atoms with Gasteiger partial charge in [0.1, 0.15) is 0 Å². The summed E-state index contributed by atoms with van der Waals surface area (Å²) in [6, 6.07) is 9.11. The number of anilines is 2. The first-order valence-electron chi connectivity index (χ1n) is 10.1. The van der Waals surface area contributed by atoms with E-state index in [0.29, 0.717) is 17.9 Å². The van der Waals surface area contributed by atoms with E-state index in [2.05, 4.69) is 31.5 Å². The number of benzene rings is 1. The summed E-state index contributed by atoms with van der Waals surface area (Å²) in [5, 5.41) is 12.8. The molecule has 4 heterocycles. The number of morpholine rings is 1. The topological polar surface area (TPSA) is 63.2 Å². The predicted octanol–water partition coefficient (Wildman–Crippen LogP) is 4.42. The van der Waals surface area contributed by atoms with Crippen molar-refractivity contribution in [1.82, 2.24) is 15.2 Å². The average molecular weight is 411 g/mol. The highest BCUT2D eigenvalue weighted by molar-refractivity contribution is 5.92. The van der Waals surface area contributed by atoms with Gasteiger partial charge >= 0.3 is 0 Å². The van der Waals surface area contributed by atoms with Gasteiger partial charge in [0.2, 0.25) is 0 Å². The van der Waals surface area contributed by atoms with Gasteiger partial charge < -0.3 is 15.0 Å². The molecule has 6 nitrogen and oxygen atoms in total. The standard InChI is InChI=1S/C22H23F2N5O/c1-12(14-4-3-5-15(6-14)21(23)24)26-22-19-8-16(9-25-20(19)13(2)27-28-22)29-17-7-18(29)11-30-10-17/h3-6,8-9,12,17-18,21H,7,10-11H2,1-2H3,(H,26,28)/t12-,17?,18?/m1/s1. The number of aromatic nitrogens is 3. The van der Waals surface area contributed by atoms with E-state index in [1.165, 1.54) is 12.1 Å². The minimum atomic E-state index is -2.50. The largest absolute Gasteiger partial charge is 0.377 e. The van der Waals surface area contributed by atoms with E-state index in [-0.39, 0.29) is 11.6 Å². The molecular weight excluding hydrogens is 388 g/mol. The zero-order valence-electron chi connectivity index (χ0n) is 16.8. The van der Waals surface area contributed by atoms with Crippen molar-refractivity contribution >= 4 is 22.4 Å². The maximum Gasteiger partial charge on any atom is 0.263 e. The molecule has 30 heavy (non-hydrogen) atoms. The molecule has 2 unspecified atom stereocenters. The number of hydrogen-bond acceptors (Lipinski definition) is 6. The van der Waals surface area contributed by atoms with Gasteiger partial charge in [-0.3, -0.25) is 4.98 Å². The zero-order chi connectivity index (χ0) is 20.8. The first-order chi connectivity index (χ1) is 14.5. The van der Waals surface area contributed by atoms with E-state index < -0.39 is 6.43 Å². The van der Waals surface area contributed by atoms with Gasteiger partial charge in [0.05, 0.1) is 54.4 Å². The lowest BCUT2D eigenvalue weighted by Crippen LogP contribution is -2.64. The van der Waals surface area contributed by atoms with Crippen molar-refractivity contribution in [2.75, 3.05) is 23.4 Å².